The minimum atomic E-state index is 0. The molecule has 1 fully saturated rings. The highest BCUT2D eigenvalue weighted by molar-refractivity contribution is 14.0. The number of nitrogens with zero attached hydrogens (tertiary/aromatic N) is 2. The lowest BCUT2D eigenvalue weighted by molar-refractivity contribution is 0.0487. The number of hydrogen-bond donors (Lipinski definition) is 2. The summed E-state index contributed by atoms with van der Waals surface area (Å²) >= 11 is 0. The van der Waals surface area contributed by atoms with E-state index in [0.717, 1.165) is 44.7 Å². The lowest BCUT2D eigenvalue weighted by atomic mass is 10.2. The molecule has 0 aromatic rings. The highest BCUT2D eigenvalue weighted by Gasteiger charge is 2.18. The van der Waals surface area contributed by atoms with Crippen molar-refractivity contribution in [1.82, 2.24) is 15.5 Å². The number of guanidine groups is 1. The summed E-state index contributed by atoms with van der Waals surface area (Å²) in [5.41, 5.74) is 0. The normalized spacial score (nSPS) is 15.4. The summed E-state index contributed by atoms with van der Waals surface area (Å²) in [5, 5.41) is 6.64. The van der Waals surface area contributed by atoms with Crippen molar-refractivity contribution >= 4 is 29.9 Å². The van der Waals surface area contributed by atoms with Crippen LogP contribution in [0, 0.1) is 0 Å². The van der Waals surface area contributed by atoms with Gasteiger partial charge in [-0.3, -0.25) is 4.99 Å². The molecule has 0 bridgehead atoms. The van der Waals surface area contributed by atoms with Gasteiger partial charge in [-0.15, -0.1) is 24.0 Å². The number of ether oxygens (including phenoxy) is 2. The topological polar surface area (TPSA) is 58.1 Å². The van der Waals surface area contributed by atoms with Crippen molar-refractivity contribution < 1.29 is 9.47 Å². The molecule has 1 aliphatic carbocycles. The number of hydrogen-bond acceptors (Lipinski definition) is 4. The first-order valence-electron chi connectivity index (χ1n) is 9.58. The first-order valence-corrected chi connectivity index (χ1v) is 9.58. The van der Waals surface area contributed by atoms with Crippen molar-refractivity contribution in [2.24, 2.45) is 4.99 Å². The number of halogens is 1. The summed E-state index contributed by atoms with van der Waals surface area (Å²) in [4.78, 5) is 6.71. The van der Waals surface area contributed by atoms with Gasteiger partial charge in [-0.05, 0) is 26.3 Å². The SMILES string of the molecule is CCCCOCCOCCNC(=NC)NCCN(C)C1CCCC1.I. The first-order chi connectivity index (χ1) is 11.8. The smallest absolute Gasteiger partial charge is 0.191 e. The van der Waals surface area contributed by atoms with E-state index >= 15 is 0 Å². The van der Waals surface area contributed by atoms with E-state index in [-0.39, 0.29) is 24.0 Å². The summed E-state index contributed by atoms with van der Waals surface area (Å²) in [5.74, 6) is 0.845. The second-order valence-electron chi connectivity index (χ2n) is 6.42. The highest BCUT2D eigenvalue weighted by atomic mass is 127. The average Bonchev–Trinajstić information content (AvgIpc) is 3.13. The van der Waals surface area contributed by atoms with E-state index in [9.17, 15) is 0 Å². The van der Waals surface area contributed by atoms with Crippen LogP contribution >= 0.6 is 24.0 Å². The van der Waals surface area contributed by atoms with Crippen LogP contribution in [0.4, 0.5) is 0 Å². The Morgan fingerprint density at radius 1 is 1.04 bits per heavy atom. The summed E-state index contributed by atoms with van der Waals surface area (Å²) in [6, 6.07) is 0.773. The molecule has 0 atom stereocenters. The van der Waals surface area contributed by atoms with E-state index in [1.807, 2.05) is 0 Å². The second kappa shape index (κ2) is 17.3. The van der Waals surface area contributed by atoms with E-state index in [4.69, 9.17) is 9.47 Å². The van der Waals surface area contributed by atoms with Gasteiger partial charge < -0.3 is 25.0 Å². The third-order valence-electron chi connectivity index (χ3n) is 4.48. The van der Waals surface area contributed by atoms with E-state index in [2.05, 4.69) is 34.5 Å². The minimum absolute atomic E-state index is 0. The number of likely N-dealkylation sites (N-methyl/N-ethyl adjacent to an activating group) is 1. The van der Waals surface area contributed by atoms with E-state index in [1.165, 1.54) is 32.1 Å². The van der Waals surface area contributed by atoms with Crippen LogP contribution in [0.25, 0.3) is 0 Å². The van der Waals surface area contributed by atoms with Crippen LogP contribution in [0.1, 0.15) is 45.4 Å². The maximum atomic E-state index is 5.54. The van der Waals surface area contributed by atoms with Crippen LogP contribution in [0.15, 0.2) is 4.99 Å². The molecule has 1 saturated carbocycles. The lowest BCUT2D eigenvalue weighted by Gasteiger charge is -2.24. The van der Waals surface area contributed by atoms with Gasteiger partial charge in [-0.1, -0.05) is 26.2 Å². The van der Waals surface area contributed by atoms with Crippen LogP contribution in [0.2, 0.25) is 0 Å². The van der Waals surface area contributed by atoms with Gasteiger partial charge in [0.1, 0.15) is 0 Å². The Morgan fingerprint density at radius 3 is 2.32 bits per heavy atom. The Kier molecular flexibility index (Phi) is 17.2. The Bertz CT molecular complexity index is 326. The highest BCUT2D eigenvalue weighted by Crippen LogP contribution is 2.21. The molecule has 7 heteroatoms. The van der Waals surface area contributed by atoms with E-state index in [0.29, 0.717) is 19.8 Å². The fourth-order valence-corrected chi connectivity index (χ4v) is 2.91. The first kappa shape index (κ1) is 24.9. The maximum Gasteiger partial charge on any atom is 0.191 e. The van der Waals surface area contributed by atoms with Crippen LogP contribution in [0.3, 0.4) is 0 Å². The van der Waals surface area contributed by atoms with Crippen molar-refractivity contribution in [2.45, 2.75) is 51.5 Å². The summed E-state index contributed by atoms with van der Waals surface area (Å²) in [7, 11) is 4.03. The van der Waals surface area contributed by atoms with Gasteiger partial charge in [-0.2, -0.15) is 0 Å². The quantitative estimate of drug-likeness (QED) is 0.188. The number of aliphatic imine (C=N–C) groups is 1. The van der Waals surface area contributed by atoms with Gasteiger partial charge in [-0.25, -0.2) is 0 Å². The third-order valence-corrected chi connectivity index (χ3v) is 4.48. The van der Waals surface area contributed by atoms with Gasteiger partial charge in [0, 0.05) is 39.3 Å². The predicted molar refractivity (Wildman–Crippen MR) is 116 cm³/mol. The van der Waals surface area contributed by atoms with Crippen molar-refractivity contribution in [1.29, 1.82) is 0 Å². The monoisotopic (exact) mass is 470 g/mol. The van der Waals surface area contributed by atoms with Gasteiger partial charge in [0.05, 0.1) is 19.8 Å². The van der Waals surface area contributed by atoms with Crippen LogP contribution in [0.5, 0.6) is 0 Å². The van der Waals surface area contributed by atoms with Gasteiger partial charge >= 0.3 is 0 Å². The molecule has 1 aliphatic rings. The molecule has 150 valence electrons. The molecular weight excluding hydrogens is 431 g/mol. The molecule has 0 spiro atoms. The molecule has 0 aliphatic heterocycles. The molecule has 0 heterocycles. The van der Waals surface area contributed by atoms with Gasteiger partial charge in [0.2, 0.25) is 0 Å². The Balaban J connectivity index is 0.00000576. The summed E-state index contributed by atoms with van der Waals surface area (Å²) < 4.78 is 11.0. The molecular formula is C18H39IN4O2. The zero-order chi connectivity index (χ0) is 17.5. The van der Waals surface area contributed by atoms with Crippen molar-refractivity contribution in [3.05, 3.63) is 0 Å². The fraction of sp³-hybridized carbons (Fsp3) is 0.944. The summed E-state index contributed by atoms with van der Waals surface area (Å²) in [6.45, 7) is 7.73. The molecule has 25 heavy (non-hydrogen) atoms. The van der Waals surface area contributed by atoms with Crippen molar-refractivity contribution in [2.75, 3.05) is 60.2 Å². The standard InChI is InChI=1S/C18H38N4O2.HI/c1-4-5-13-23-15-16-24-14-11-21-18(19-2)20-10-12-22(3)17-8-6-7-9-17;/h17H,4-16H2,1-3H3,(H2,19,20,21);1H. The molecule has 0 amide bonds. The molecule has 0 radical (unpaired) electrons. The third kappa shape index (κ3) is 12.8. The summed E-state index contributed by atoms with van der Waals surface area (Å²) in [6.07, 6.45) is 7.77. The number of rotatable bonds is 13. The second-order valence-corrected chi connectivity index (χ2v) is 6.42. The zero-order valence-electron chi connectivity index (χ0n) is 16.4. The minimum Gasteiger partial charge on any atom is -0.379 e. The Labute approximate surface area is 171 Å². The molecule has 2 N–H and O–H groups in total. The molecule has 0 aromatic carbocycles. The molecule has 6 nitrogen and oxygen atoms in total. The van der Waals surface area contributed by atoms with Crippen molar-refractivity contribution in [3.8, 4) is 0 Å². The maximum absolute atomic E-state index is 5.54. The largest absolute Gasteiger partial charge is 0.379 e. The number of nitrogens with one attached hydrogen (secondary N) is 2. The lowest BCUT2D eigenvalue weighted by Crippen LogP contribution is -2.43. The number of unbranched alkanes of at least 4 members (excludes halogenated alkanes) is 1. The Morgan fingerprint density at radius 2 is 1.68 bits per heavy atom. The van der Waals surface area contributed by atoms with Crippen LogP contribution in [-0.4, -0.2) is 77.1 Å². The van der Waals surface area contributed by atoms with Crippen LogP contribution in [-0.2, 0) is 9.47 Å². The molecule has 1 rings (SSSR count). The van der Waals surface area contributed by atoms with Crippen molar-refractivity contribution in [3.63, 3.8) is 0 Å². The van der Waals surface area contributed by atoms with Gasteiger partial charge in [0.25, 0.3) is 0 Å². The molecule has 0 saturated heterocycles. The molecule has 0 unspecified atom stereocenters. The fourth-order valence-electron chi connectivity index (χ4n) is 2.91. The predicted octanol–water partition coefficient (Wildman–Crippen LogP) is 2.48. The van der Waals surface area contributed by atoms with E-state index in [1.54, 1.807) is 7.05 Å². The van der Waals surface area contributed by atoms with Gasteiger partial charge in [0.15, 0.2) is 5.96 Å². The Hall–Kier alpha value is -0.120. The van der Waals surface area contributed by atoms with E-state index < -0.39 is 0 Å². The van der Waals surface area contributed by atoms with Crippen LogP contribution < -0.4 is 10.6 Å². The average molecular weight is 470 g/mol. The molecule has 0 aromatic heterocycles. The zero-order valence-corrected chi connectivity index (χ0v) is 18.7.